The van der Waals surface area contributed by atoms with E-state index in [1.165, 1.54) is 6.07 Å². The van der Waals surface area contributed by atoms with E-state index in [1.54, 1.807) is 11.5 Å². The molecule has 10 heteroatoms. The number of hydrogen-bond donors (Lipinski definition) is 2. The molecule has 1 aliphatic heterocycles. The molecular weight excluding hydrogens is 452 g/mol. The molecule has 2 aromatic rings. The number of likely N-dealkylation sites (N-methyl/N-ethyl adjacent to an activating group) is 1. The molecule has 2 amide bonds. The molecule has 2 heterocycles. The summed E-state index contributed by atoms with van der Waals surface area (Å²) < 4.78 is 30.2. The average Bonchev–Trinajstić information content (AvgIpc) is 2.94. The standard InChI is InChI=1S/C23H30ClF2N5O2/c1-6-27-22(33)19(23(2,3)4)29-21(32)18-17-12-30(5)8-7-9-31(17)20(28-18)13-10-14(24)16(26)11-15(13)25/h10-11,19H,6-9,12H2,1-5H3,(H,27,33)(H,29,32). The van der Waals surface area contributed by atoms with Gasteiger partial charge in [-0.2, -0.15) is 0 Å². The van der Waals surface area contributed by atoms with Gasteiger partial charge in [0.15, 0.2) is 5.69 Å². The largest absolute Gasteiger partial charge is 0.355 e. The van der Waals surface area contributed by atoms with Crippen LogP contribution in [0.15, 0.2) is 12.1 Å². The minimum absolute atomic E-state index is 0.0161. The predicted molar refractivity (Wildman–Crippen MR) is 123 cm³/mol. The Morgan fingerprint density at radius 3 is 2.55 bits per heavy atom. The monoisotopic (exact) mass is 481 g/mol. The van der Waals surface area contributed by atoms with Gasteiger partial charge in [-0.15, -0.1) is 0 Å². The third kappa shape index (κ3) is 5.35. The fourth-order valence-corrected chi connectivity index (χ4v) is 4.12. The highest BCUT2D eigenvalue weighted by atomic mass is 35.5. The molecule has 0 spiro atoms. The number of fused-ring (bicyclic) bond motifs is 1. The lowest BCUT2D eigenvalue weighted by atomic mass is 9.86. The van der Waals surface area contributed by atoms with Crippen LogP contribution in [0.3, 0.4) is 0 Å². The van der Waals surface area contributed by atoms with Crippen molar-refractivity contribution >= 4 is 23.4 Å². The first kappa shape index (κ1) is 25.1. The van der Waals surface area contributed by atoms with Crippen LogP contribution in [0.1, 0.15) is 50.3 Å². The maximum atomic E-state index is 14.7. The third-order valence-electron chi connectivity index (χ3n) is 5.63. The van der Waals surface area contributed by atoms with Gasteiger partial charge in [0.1, 0.15) is 23.5 Å². The first-order valence-corrected chi connectivity index (χ1v) is 11.3. The van der Waals surface area contributed by atoms with E-state index in [-0.39, 0.29) is 28.0 Å². The molecule has 2 N–H and O–H groups in total. The van der Waals surface area contributed by atoms with Crippen molar-refractivity contribution in [1.82, 2.24) is 25.1 Å². The minimum atomic E-state index is -0.867. The summed E-state index contributed by atoms with van der Waals surface area (Å²) in [5, 5.41) is 5.34. The summed E-state index contributed by atoms with van der Waals surface area (Å²) in [4.78, 5) is 32.5. The molecule has 0 bridgehead atoms. The van der Waals surface area contributed by atoms with E-state index in [0.717, 1.165) is 13.0 Å². The van der Waals surface area contributed by atoms with E-state index in [2.05, 4.69) is 15.6 Å². The number of rotatable bonds is 5. The van der Waals surface area contributed by atoms with Gasteiger partial charge in [-0.05, 0) is 38.4 Å². The summed E-state index contributed by atoms with van der Waals surface area (Å²) in [5.74, 6) is -2.30. The Bertz CT molecular complexity index is 1060. The van der Waals surface area contributed by atoms with E-state index in [4.69, 9.17) is 11.6 Å². The molecular formula is C23H30ClF2N5O2. The first-order valence-electron chi connectivity index (χ1n) is 11.0. The Morgan fingerprint density at radius 1 is 1.21 bits per heavy atom. The Balaban J connectivity index is 2.09. The molecule has 0 saturated heterocycles. The minimum Gasteiger partial charge on any atom is -0.355 e. The summed E-state index contributed by atoms with van der Waals surface area (Å²) in [6.45, 7) is 9.50. The zero-order valence-corrected chi connectivity index (χ0v) is 20.3. The zero-order chi connectivity index (χ0) is 24.5. The van der Waals surface area contributed by atoms with Gasteiger partial charge in [-0.1, -0.05) is 32.4 Å². The molecule has 7 nitrogen and oxygen atoms in total. The van der Waals surface area contributed by atoms with Crippen LogP contribution in [0.5, 0.6) is 0 Å². The Morgan fingerprint density at radius 2 is 1.91 bits per heavy atom. The maximum absolute atomic E-state index is 14.7. The molecule has 0 saturated carbocycles. The number of benzene rings is 1. The highest BCUT2D eigenvalue weighted by Crippen LogP contribution is 2.31. The maximum Gasteiger partial charge on any atom is 0.272 e. The number of nitrogens with zero attached hydrogens (tertiary/aromatic N) is 3. The van der Waals surface area contributed by atoms with E-state index >= 15 is 0 Å². The topological polar surface area (TPSA) is 79.3 Å². The molecule has 180 valence electrons. The van der Waals surface area contributed by atoms with Crippen molar-refractivity contribution in [3.63, 3.8) is 0 Å². The second kappa shape index (κ2) is 9.77. The number of hydrogen-bond acceptors (Lipinski definition) is 4. The van der Waals surface area contributed by atoms with Crippen molar-refractivity contribution in [3.05, 3.63) is 40.2 Å². The quantitative estimate of drug-likeness (QED) is 0.639. The van der Waals surface area contributed by atoms with Crippen LogP contribution in [0, 0.1) is 17.0 Å². The molecule has 1 atom stereocenters. The number of imidazole rings is 1. The average molecular weight is 482 g/mol. The smallest absolute Gasteiger partial charge is 0.272 e. The SMILES string of the molecule is CCNC(=O)C(NC(=O)c1nc(-c2cc(Cl)c(F)cc2F)n2c1CN(C)CCC2)C(C)(C)C. The van der Waals surface area contributed by atoms with Gasteiger partial charge in [0, 0.05) is 25.7 Å². The second-order valence-corrected chi connectivity index (χ2v) is 9.79. The molecule has 0 fully saturated rings. The van der Waals surface area contributed by atoms with Crippen LogP contribution in [0.4, 0.5) is 8.78 Å². The number of amides is 2. The number of nitrogens with one attached hydrogen (secondary N) is 2. The lowest BCUT2D eigenvalue weighted by Crippen LogP contribution is -2.53. The molecule has 1 aromatic carbocycles. The molecule has 1 aliphatic rings. The lowest BCUT2D eigenvalue weighted by molar-refractivity contribution is -0.125. The molecule has 1 unspecified atom stereocenters. The molecule has 1 aromatic heterocycles. The van der Waals surface area contributed by atoms with Crippen LogP contribution in [-0.2, 0) is 17.9 Å². The van der Waals surface area contributed by atoms with E-state index in [1.807, 2.05) is 32.7 Å². The van der Waals surface area contributed by atoms with Gasteiger partial charge in [0.2, 0.25) is 5.91 Å². The molecule has 0 radical (unpaired) electrons. The normalized spacial score (nSPS) is 15.5. The zero-order valence-electron chi connectivity index (χ0n) is 19.6. The number of aromatic nitrogens is 2. The van der Waals surface area contributed by atoms with Crippen molar-refractivity contribution in [3.8, 4) is 11.4 Å². The third-order valence-corrected chi connectivity index (χ3v) is 5.92. The number of carbonyl (C=O) groups is 2. The first-order chi connectivity index (χ1) is 15.4. The summed E-state index contributed by atoms with van der Waals surface area (Å²) in [5.41, 5.74) is 0.173. The van der Waals surface area contributed by atoms with E-state index in [9.17, 15) is 18.4 Å². The number of halogens is 3. The van der Waals surface area contributed by atoms with Crippen LogP contribution in [0.2, 0.25) is 5.02 Å². The highest BCUT2D eigenvalue weighted by Gasteiger charge is 2.35. The molecule has 0 aliphatic carbocycles. The van der Waals surface area contributed by atoms with Crippen molar-refractivity contribution in [2.45, 2.75) is 53.2 Å². The molecule has 3 rings (SSSR count). The van der Waals surface area contributed by atoms with Crippen molar-refractivity contribution < 1.29 is 18.4 Å². The summed E-state index contributed by atoms with van der Waals surface area (Å²) in [6.07, 6.45) is 0.758. The molecule has 33 heavy (non-hydrogen) atoms. The van der Waals surface area contributed by atoms with Crippen molar-refractivity contribution in [1.29, 1.82) is 0 Å². The van der Waals surface area contributed by atoms with Crippen LogP contribution >= 0.6 is 11.6 Å². The predicted octanol–water partition coefficient (Wildman–Crippen LogP) is 3.60. The van der Waals surface area contributed by atoms with E-state index < -0.39 is 29.0 Å². The van der Waals surface area contributed by atoms with Gasteiger partial charge in [-0.25, -0.2) is 13.8 Å². The van der Waals surface area contributed by atoms with Crippen LogP contribution < -0.4 is 10.6 Å². The van der Waals surface area contributed by atoms with Crippen LogP contribution in [0.25, 0.3) is 11.4 Å². The fraction of sp³-hybridized carbons (Fsp3) is 0.522. The Hall–Kier alpha value is -2.52. The van der Waals surface area contributed by atoms with Crippen LogP contribution in [-0.4, -0.2) is 52.4 Å². The van der Waals surface area contributed by atoms with Gasteiger partial charge in [0.25, 0.3) is 5.91 Å². The summed E-state index contributed by atoms with van der Waals surface area (Å²) in [6, 6.07) is 1.10. The summed E-state index contributed by atoms with van der Waals surface area (Å²) >= 11 is 5.92. The van der Waals surface area contributed by atoms with Gasteiger partial charge in [-0.3, -0.25) is 9.59 Å². The van der Waals surface area contributed by atoms with Crippen molar-refractivity contribution in [2.75, 3.05) is 20.1 Å². The highest BCUT2D eigenvalue weighted by molar-refractivity contribution is 6.31. The second-order valence-electron chi connectivity index (χ2n) is 9.39. The fourth-order valence-electron chi connectivity index (χ4n) is 3.95. The van der Waals surface area contributed by atoms with E-state index in [0.29, 0.717) is 31.4 Å². The lowest BCUT2D eigenvalue weighted by Gasteiger charge is -2.30. The Kier molecular flexibility index (Phi) is 7.43. The summed E-state index contributed by atoms with van der Waals surface area (Å²) in [7, 11) is 1.92. The van der Waals surface area contributed by atoms with Gasteiger partial charge >= 0.3 is 0 Å². The van der Waals surface area contributed by atoms with Gasteiger partial charge in [0.05, 0.1) is 16.3 Å². The Labute approximate surface area is 197 Å². The number of carbonyl (C=O) groups excluding carboxylic acids is 2. The van der Waals surface area contributed by atoms with Gasteiger partial charge < -0.3 is 20.1 Å². The van der Waals surface area contributed by atoms with Crippen molar-refractivity contribution in [2.24, 2.45) is 5.41 Å².